The van der Waals surface area contributed by atoms with Crippen LogP contribution in [0.3, 0.4) is 0 Å². The van der Waals surface area contributed by atoms with E-state index in [2.05, 4.69) is 0 Å². The molecule has 1 rings (SSSR count). The molecule has 1 atom stereocenters. The van der Waals surface area contributed by atoms with Crippen LogP contribution in [0.4, 0.5) is 4.39 Å². The van der Waals surface area contributed by atoms with Crippen LogP contribution >= 0.6 is 0 Å². The summed E-state index contributed by atoms with van der Waals surface area (Å²) in [4.78, 5) is 11.3. The van der Waals surface area contributed by atoms with E-state index in [1.54, 1.807) is 13.0 Å². The predicted molar refractivity (Wildman–Crippen MR) is 57.8 cm³/mol. The smallest absolute Gasteiger partial charge is 0.347 e. The molecule has 0 radical (unpaired) electrons. The highest BCUT2D eigenvalue weighted by Crippen LogP contribution is 2.17. The number of benzene rings is 1. The maximum Gasteiger partial charge on any atom is 0.347 e. The van der Waals surface area contributed by atoms with E-state index in [-0.39, 0.29) is 17.9 Å². The summed E-state index contributed by atoms with van der Waals surface area (Å²) in [6.07, 6.45) is -0.817. The van der Waals surface area contributed by atoms with Crippen LogP contribution < -0.4 is 4.74 Å². The number of hydrogen-bond donors (Lipinski definition) is 0. The van der Waals surface area contributed by atoms with Gasteiger partial charge in [-0.3, -0.25) is 0 Å². The summed E-state index contributed by atoms with van der Waals surface area (Å²) in [5.74, 6) is -1.01. The Labute approximate surface area is 98.6 Å². The van der Waals surface area contributed by atoms with Crippen LogP contribution in [0.2, 0.25) is 0 Å². The van der Waals surface area contributed by atoms with Crippen molar-refractivity contribution < 1.29 is 18.7 Å². The molecule has 0 saturated carbocycles. The average molecular weight is 237 g/mol. The number of carbonyl (C=O) groups is 1. The fourth-order valence-corrected chi connectivity index (χ4v) is 1.17. The molecule has 0 heterocycles. The second-order valence-electron chi connectivity index (χ2n) is 3.27. The van der Waals surface area contributed by atoms with Gasteiger partial charge in [0.05, 0.1) is 12.2 Å². The van der Waals surface area contributed by atoms with Crippen molar-refractivity contribution >= 4 is 5.97 Å². The standard InChI is InChI=1S/C12H12FNO3/c1-3-16-12(15)8(2)17-10-5-4-9(7-14)11(13)6-10/h4-6,8H,3H2,1-2H3/t8-/m0/s1. The number of ether oxygens (including phenoxy) is 2. The molecular formula is C12H12FNO3. The number of carbonyl (C=O) groups excluding carboxylic acids is 1. The normalized spacial score (nSPS) is 11.4. The van der Waals surface area contributed by atoms with Gasteiger partial charge in [-0.1, -0.05) is 0 Å². The molecular weight excluding hydrogens is 225 g/mol. The van der Waals surface area contributed by atoms with Gasteiger partial charge in [0, 0.05) is 6.07 Å². The lowest BCUT2D eigenvalue weighted by Gasteiger charge is -2.13. The number of hydrogen-bond acceptors (Lipinski definition) is 4. The third-order valence-electron chi connectivity index (χ3n) is 1.99. The molecule has 0 N–H and O–H groups in total. The minimum Gasteiger partial charge on any atom is -0.479 e. The number of rotatable bonds is 4. The van der Waals surface area contributed by atoms with Crippen molar-refractivity contribution in [2.45, 2.75) is 20.0 Å². The Bertz CT molecular complexity index is 454. The molecule has 0 aromatic heterocycles. The summed E-state index contributed by atoms with van der Waals surface area (Å²) in [7, 11) is 0. The second kappa shape index (κ2) is 5.85. The molecule has 0 bridgehead atoms. The van der Waals surface area contributed by atoms with E-state index in [0.717, 1.165) is 6.07 Å². The van der Waals surface area contributed by atoms with Crippen LogP contribution in [0.1, 0.15) is 19.4 Å². The van der Waals surface area contributed by atoms with Gasteiger partial charge in [-0.15, -0.1) is 0 Å². The van der Waals surface area contributed by atoms with Crippen LogP contribution in [0.5, 0.6) is 5.75 Å². The van der Waals surface area contributed by atoms with E-state index in [4.69, 9.17) is 14.7 Å². The van der Waals surface area contributed by atoms with Gasteiger partial charge >= 0.3 is 5.97 Å². The first-order chi connectivity index (χ1) is 8.08. The van der Waals surface area contributed by atoms with Crippen LogP contribution in [-0.2, 0) is 9.53 Å². The molecule has 90 valence electrons. The molecule has 5 heteroatoms. The van der Waals surface area contributed by atoms with Gasteiger partial charge in [-0.05, 0) is 26.0 Å². The fraction of sp³-hybridized carbons (Fsp3) is 0.333. The van der Waals surface area contributed by atoms with Gasteiger partial charge in [0.15, 0.2) is 6.10 Å². The van der Waals surface area contributed by atoms with Gasteiger partial charge in [0.2, 0.25) is 0 Å². The van der Waals surface area contributed by atoms with E-state index in [1.165, 1.54) is 19.1 Å². The molecule has 0 fully saturated rings. The quantitative estimate of drug-likeness (QED) is 0.752. The van der Waals surface area contributed by atoms with Gasteiger partial charge < -0.3 is 9.47 Å². The maximum absolute atomic E-state index is 13.2. The molecule has 1 aromatic carbocycles. The van der Waals surface area contributed by atoms with Gasteiger partial charge in [0.25, 0.3) is 0 Å². The summed E-state index contributed by atoms with van der Waals surface area (Å²) >= 11 is 0. The van der Waals surface area contributed by atoms with Crippen molar-refractivity contribution in [1.29, 1.82) is 5.26 Å². The molecule has 0 aliphatic carbocycles. The molecule has 4 nitrogen and oxygen atoms in total. The van der Waals surface area contributed by atoms with E-state index in [1.807, 2.05) is 0 Å². The van der Waals surface area contributed by atoms with Crippen molar-refractivity contribution in [3.8, 4) is 11.8 Å². The monoisotopic (exact) mass is 237 g/mol. The topological polar surface area (TPSA) is 59.3 Å². The van der Waals surface area contributed by atoms with E-state index in [9.17, 15) is 9.18 Å². The Morgan fingerprint density at radius 2 is 2.29 bits per heavy atom. The first kappa shape index (κ1) is 13.0. The number of esters is 1. The van der Waals surface area contributed by atoms with Crippen molar-refractivity contribution in [3.05, 3.63) is 29.6 Å². The molecule has 0 unspecified atom stereocenters. The summed E-state index contributed by atoms with van der Waals surface area (Å²) in [5.41, 5.74) is -0.0684. The highest BCUT2D eigenvalue weighted by atomic mass is 19.1. The van der Waals surface area contributed by atoms with Crippen molar-refractivity contribution in [3.63, 3.8) is 0 Å². The van der Waals surface area contributed by atoms with Crippen LogP contribution in [0.15, 0.2) is 18.2 Å². The summed E-state index contributed by atoms with van der Waals surface area (Å²) in [5, 5.41) is 8.54. The first-order valence-electron chi connectivity index (χ1n) is 5.11. The molecule has 17 heavy (non-hydrogen) atoms. The first-order valence-corrected chi connectivity index (χ1v) is 5.11. The Hall–Kier alpha value is -2.09. The van der Waals surface area contributed by atoms with Crippen LogP contribution in [0.25, 0.3) is 0 Å². The Balaban J connectivity index is 2.73. The Morgan fingerprint density at radius 1 is 1.59 bits per heavy atom. The molecule has 0 spiro atoms. The van der Waals surface area contributed by atoms with E-state index >= 15 is 0 Å². The Morgan fingerprint density at radius 3 is 2.82 bits per heavy atom. The minimum absolute atomic E-state index is 0.0684. The highest BCUT2D eigenvalue weighted by molar-refractivity contribution is 5.74. The van der Waals surface area contributed by atoms with Gasteiger partial charge in [0.1, 0.15) is 17.6 Å². The molecule has 0 aliphatic rings. The number of halogens is 1. The predicted octanol–water partition coefficient (Wildman–Crippen LogP) is 2.03. The van der Waals surface area contributed by atoms with Gasteiger partial charge in [-0.2, -0.15) is 5.26 Å². The molecule has 1 aromatic rings. The van der Waals surface area contributed by atoms with Crippen molar-refractivity contribution in [1.82, 2.24) is 0 Å². The molecule has 0 aliphatic heterocycles. The highest BCUT2D eigenvalue weighted by Gasteiger charge is 2.16. The van der Waals surface area contributed by atoms with E-state index < -0.39 is 17.9 Å². The van der Waals surface area contributed by atoms with Crippen LogP contribution in [-0.4, -0.2) is 18.7 Å². The lowest BCUT2D eigenvalue weighted by Crippen LogP contribution is -2.26. The molecule has 0 saturated heterocycles. The third-order valence-corrected chi connectivity index (χ3v) is 1.99. The third kappa shape index (κ3) is 3.45. The maximum atomic E-state index is 13.2. The number of nitriles is 1. The summed E-state index contributed by atoms with van der Waals surface area (Å²) < 4.78 is 23.2. The zero-order valence-electron chi connectivity index (χ0n) is 9.57. The minimum atomic E-state index is -0.817. The Kier molecular flexibility index (Phi) is 4.46. The van der Waals surface area contributed by atoms with Crippen LogP contribution in [0, 0.1) is 17.1 Å². The lowest BCUT2D eigenvalue weighted by atomic mass is 10.2. The summed E-state index contributed by atoms with van der Waals surface area (Å²) in [6, 6.07) is 5.48. The van der Waals surface area contributed by atoms with Crippen molar-refractivity contribution in [2.24, 2.45) is 0 Å². The van der Waals surface area contributed by atoms with E-state index in [0.29, 0.717) is 0 Å². The molecule has 0 amide bonds. The lowest BCUT2D eigenvalue weighted by molar-refractivity contribution is -0.150. The fourth-order valence-electron chi connectivity index (χ4n) is 1.17. The largest absolute Gasteiger partial charge is 0.479 e. The zero-order chi connectivity index (χ0) is 12.8. The van der Waals surface area contributed by atoms with Crippen molar-refractivity contribution in [2.75, 3.05) is 6.61 Å². The van der Waals surface area contributed by atoms with Gasteiger partial charge in [-0.25, -0.2) is 9.18 Å². The SMILES string of the molecule is CCOC(=O)[C@H](C)Oc1ccc(C#N)c(F)c1. The zero-order valence-corrected chi connectivity index (χ0v) is 9.57. The average Bonchev–Trinajstić information content (AvgIpc) is 2.29. The second-order valence-corrected chi connectivity index (χ2v) is 3.27. The summed E-state index contributed by atoms with van der Waals surface area (Å²) in [6.45, 7) is 3.45. The number of nitrogens with zero attached hydrogens (tertiary/aromatic N) is 1.